The van der Waals surface area contributed by atoms with Gasteiger partial charge in [0.2, 0.25) is 11.6 Å². The molecule has 0 fully saturated rings. The van der Waals surface area contributed by atoms with E-state index < -0.39 is 30.6 Å². The van der Waals surface area contributed by atoms with E-state index in [0.717, 1.165) is 14.2 Å². The Bertz CT molecular complexity index is 250. The third kappa shape index (κ3) is 4.89. The Morgan fingerprint density at radius 2 is 2.00 bits per heavy atom. The van der Waals surface area contributed by atoms with E-state index in [-0.39, 0.29) is 0 Å². The molecule has 0 aromatic heterocycles. The summed E-state index contributed by atoms with van der Waals surface area (Å²) in [4.78, 5) is 15.1. The predicted octanol–water partition coefficient (Wildman–Crippen LogP) is 0.421. The zero-order chi connectivity index (χ0) is 11.8. The van der Waals surface area contributed by atoms with E-state index in [4.69, 9.17) is 5.41 Å². The summed E-state index contributed by atoms with van der Waals surface area (Å²) in [6, 6.07) is 0. The lowest BCUT2D eigenvalue weighted by Crippen LogP contribution is -2.26. The molecular formula is C7H10F2N2O4. The van der Waals surface area contributed by atoms with Crippen LogP contribution in [0.25, 0.3) is 0 Å². The Kier molecular flexibility index (Phi) is 5.91. The van der Waals surface area contributed by atoms with Crippen LogP contribution < -0.4 is 0 Å². The quantitative estimate of drug-likeness (QED) is 0.317. The van der Waals surface area contributed by atoms with Gasteiger partial charge in [-0.3, -0.25) is 5.41 Å². The lowest BCUT2D eigenvalue weighted by atomic mass is 10.4. The van der Waals surface area contributed by atoms with E-state index in [9.17, 15) is 13.6 Å². The normalized spacial score (nSPS) is 11.1. The molecule has 0 spiro atoms. The Labute approximate surface area is 84.3 Å². The SMILES string of the molecule is COC(=N)/C(=N/OCC(F)F)C(=O)OC. The maximum Gasteiger partial charge on any atom is 0.365 e. The number of carbonyl (C=O) groups is 1. The van der Waals surface area contributed by atoms with Crippen LogP contribution >= 0.6 is 0 Å². The van der Waals surface area contributed by atoms with Crippen LogP contribution in [0.1, 0.15) is 0 Å². The maximum absolute atomic E-state index is 11.7. The third-order valence-electron chi connectivity index (χ3n) is 1.15. The molecule has 0 amide bonds. The van der Waals surface area contributed by atoms with Crippen molar-refractivity contribution in [2.24, 2.45) is 5.16 Å². The van der Waals surface area contributed by atoms with Crippen molar-refractivity contribution in [3.8, 4) is 0 Å². The molecule has 0 atom stereocenters. The fourth-order valence-corrected chi connectivity index (χ4v) is 0.523. The molecule has 1 N–H and O–H groups in total. The van der Waals surface area contributed by atoms with Gasteiger partial charge in [-0.1, -0.05) is 5.16 Å². The van der Waals surface area contributed by atoms with Crippen LogP contribution in [-0.4, -0.2) is 44.8 Å². The third-order valence-corrected chi connectivity index (χ3v) is 1.15. The number of nitrogens with zero attached hydrogens (tertiary/aromatic N) is 1. The first-order chi connectivity index (χ1) is 7.02. The molecule has 0 radical (unpaired) electrons. The van der Waals surface area contributed by atoms with Crippen molar-refractivity contribution < 1.29 is 27.9 Å². The topological polar surface area (TPSA) is 81.0 Å². The minimum atomic E-state index is -2.72. The summed E-state index contributed by atoms with van der Waals surface area (Å²) in [5.41, 5.74) is -0.611. The molecule has 0 heterocycles. The highest BCUT2D eigenvalue weighted by Gasteiger charge is 2.20. The van der Waals surface area contributed by atoms with Crippen molar-refractivity contribution in [3.05, 3.63) is 0 Å². The van der Waals surface area contributed by atoms with Crippen molar-refractivity contribution in [2.75, 3.05) is 20.8 Å². The largest absolute Gasteiger partial charge is 0.480 e. The molecule has 0 aromatic carbocycles. The number of esters is 1. The summed E-state index contributed by atoms with van der Waals surface area (Å²) in [7, 11) is 2.17. The number of nitrogens with one attached hydrogen (secondary N) is 1. The van der Waals surface area contributed by atoms with E-state index in [1.165, 1.54) is 0 Å². The maximum atomic E-state index is 11.7. The molecule has 15 heavy (non-hydrogen) atoms. The van der Waals surface area contributed by atoms with Crippen LogP contribution in [0, 0.1) is 5.41 Å². The van der Waals surface area contributed by atoms with Gasteiger partial charge in [0.1, 0.15) is 0 Å². The molecule has 0 saturated carbocycles. The predicted molar refractivity (Wildman–Crippen MR) is 46.1 cm³/mol. The highest BCUT2D eigenvalue weighted by Crippen LogP contribution is 1.95. The van der Waals surface area contributed by atoms with Gasteiger partial charge >= 0.3 is 5.97 Å². The molecule has 0 aromatic rings. The van der Waals surface area contributed by atoms with Crippen molar-refractivity contribution in [1.29, 1.82) is 5.41 Å². The van der Waals surface area contributed by atoms with Gasteiger partial charge in [-0.15, -0.1) is 0 Å². The Hall–Kier alpha value is -1.73. The first-order valence-corrected chi connectivity index (χ1v) is 3.72. The fraction of sp³-hybridized carbons (Fsp3) is 0.571. The van der Waals surface area contributed by atoms with E-state index in [1.54, 1.807) is 0 Å². The lowest BCUT2D eigenvalue weighted by Gasteiger charge is -2.04. The van der Waals surface area contributed by atoms with Crippen LogP contribution in [0.5, 0.6) is 0 Å². The highest BCUT2D eigenvalue weighted by molar-refractivity contribution is 6.63. The zero-order valence-corrected chi connectivity index (χ0v) is 8.12. The van der Waals surface area contributed by atoms with Crippen LogP contribution in [-0.2, 0) is 19.1 Å². The summed E-state index contributed by atoms with van der Waals surface area (Å²) in [6.45, 7) is -0.975. The summed E-state index contributed by atoms with van der Waals surface area (Å²) >= 11 is 0. The molecule has 0 aliphatic carbocycles. The van der Waals surface area contributed by atoms with Crippen LogP contribution in [0.2, 0.25) is 0 Å². The number of hydrogen-bond donors (Lipinski definition) is 1. The highest BCUT2D eigenvalue weighted by atomic mass is 19.3. The Balaban J connectivity index is 4.48. The van der Waals surface area contributed by atoms with Crippen molar-refractivity contribution >= 4 is 17.6 Å². The average Bonchev–Trinajstić information content (AvgIpc) is 2.22. The number of ether oxygens (including phenoxy) is 2. The van der Waals surface area contributed by atoms with Gasteiger partial charge in [0.15, 0.2) is 6.61 Å². The number of hydrogen-bond acceptors (Lipinski definition) is 6. The van der Waals surface area contributed by atoms with Crippen LogP contribution in [0.4, 0.5) is 8.78 Å². The van der Waals surface area contributed by atoms with Gasteiger partial charge in [-0.05, 0) is 0 Å². The first kappa shape index (κ1) is 13.3. The van der Waals surface area contributed by atoms with E-state index in [0.29, 0.717) is 0 Å². The van der Waals surface area contributed by atoms with Crippen molar-refractivity contribution in [1.82, 2.24) is 0 Å². The lowest BCUT2D eigenvalue weighted by molar-refractivity contribution is -0.132. The Morgan fingerprint density at radius 1 is 1.40 bits per heavy atom. The first-order valence-electron chi connectivity index (χ1n) is 3.72. The molecule has 0 unspecified atom stereocenters. The molecule has 6 nitrogen and oxygen atoms in total. The molecule has 0 bridgehead atoms. The number of methoxy groups -OCH3 is 2. The second-order valence-corrected chi connectivity index (χ2v) is 2.15. The summed E-state index contributed by atoms with van der Waals surface area (Å²) in [6.07, 6.45) is -2.72. The smallest absolute Gasteiger partial charge is 0.365 e. The van der Waals surface area contributed by atoms with E-state index >= 15 is 0 Å². The fourth-order valence-electron chi connectivity index (χ4n) is 0.523. The monoisotopic (exact) mass is 224 g/mol. The standard InChI is InChI=1S/C7H10F2N2O4/c1-13-6(10)5(7(12)14-2)11-15-3-4(8)9/h4,10H,3H2,1-2H3/b10-6?,11-5-. The number of rotatable bonds is 5. The summed E-state index contributed by atoms with van der Waals surface area (Å²) in [5, 5.41) is 10.1. The van der Waals surface area contributed by atoms with Crippen molar-refractivity contribution in [3.63, 3.8) is 0 Å². The molecule has 0 rings (SSSR count). The minimum absolute atomic E-state index is 0.611. The molecule has 0 aliphatic heterocycles. The minimum Gasteiger partial charge on any atom is -0.480 e. The molecule has 0 saturated heterocycles. The molecule has 86 valence electrons. The van der Waals surface area contributed by atoms with Gasteiger partial charge in [-0.2, -0.15) is 0 Å². The van der Waals surface area contributed by atoms with Crippen LogP contribution in [0.15, 0.2) is 5.16 Å². The van der Waals surface area contributed by atoms with Gasteiger partial charge in [-0.25, -0.2) is 13.6 Å². The van der Waals surface area contributed by atoms with E-state index in [2.05, 4.69) is 19.5 Å². The zero-order valence-electron chi connectivity index (χ0n) is 8.12. The number of oxime groups is 1. The number of halogens is 2. The summed E-state index contributed by atoms with van der Waals surface area (Å²) < 4.78 is 31.9. The second-order valence-electron chi connectivity index (χ2n) is 2.15. The van der Waals surface area contributed by atoms with Gasteiger partial charge in [0.25, 0.3) is 6.43 Å². The Morgan fingerprint density at radius 3 is 2.40 bits per heavy atom. The molecule has 8 heteroatoms. The van der Waals surface area contributed by atoms with Gasteiger partial charge in [0.05, 0.1) is 14.2 Å². The number of carbonyl (C=O) groups excluding carboxylic acids is 1. The average molecular weight is 224 g/mol. The molecule has 0 aliphatic rings. The molecular weight excluding hydrogens is 214 g/mol. The van der Waals surface area contributed by atoms with Crippen molar-refractivity contribution in [2.45, 2.75) is 6.43 Å². The summed E-state index contributed by atoms with van der Waals surface area (Å²) in [5.74, 6) is -1.63. The van der Waals surface area contributed by atoms with Crippen LogP contribution in [0.3, 0.4) is 0 Å². The van der Waals surface area contributed by atoms with E-state index in [1.807, 2.05) is 0 Å². The second kappa shape index (κ2) is 6.68. The van der Waals surface area contributed by atoms with Gasteiger partial charge in [0, 0.05) is 0 Å². The number of alkyl halides is 2. The van der Waals surface area contributed by atoms with Gasteiger partial charge < -0.3 is 14.3 Å².